The number of carbonyl (C=O) groups is 4. The fraction of sp³-hybridized carbons (Fsp3) is 0.121. The van der Waals surface area contributed by atoms with Crippen molar-refractivity contribution in [2.45, 2.75) is 19.8 Å². The molecule has 0 bridgehead atoms. The summed E-state index contributed by atoms with van der Waals surface area (Å²) in [5.74, 6) is -1.97. The number of benzene rings is 4. The van der Waals surface area contributed by atoms with Crippen molar-refractivity contribution >= 4 is 41.3 Å². The number of hydrogen-bond donors (Lipinski definition) is 3. The van der Waals surface area contributed by atoms with Crippen LogP contribution < -0.4 is 25.5 Å². The minimum Gasteiger partial charge on any atom is -0.494 e. The highest BCUT2D eigenvalue weighted by Crippen LogP contribution is 2.18. The Morgan fingerprint density at radius 3 is 2.14 bits per heavy atom. The third kappa shape index (κ3) is 9.12. The van der Waals surface area contributed by atoms with Gasteiger partial charge in [0, 0.05) is 5.69 Å². The molecule has 4 aromatic carbocycles. The molecule has 0 heterocycles. The van der Waals surface area contributed by atoms with Crippen LogP contribution in [0.15, 0.2) is 108 Å². The quantitative estimate of drug-likeness (QED) is 0.0543. The lowest BCUT2D eigenvalue weighted by molar-refractivity contribution is -0.136. The largest absolute Gasteiger partial charge is 0.494 e. The number of amides is 3. The number of esters is 1. The predicted molar refractivity (Wildman–Crippen MR) is 163 cm³/mol. The van der Waals surface area contributed by atoms with Crippen LogP contribution in [0.4, 0.5) is 11.4 Å². The zero-order chi connectivity index (χ0) is 30.4. The van der Waals surface area contributed by atoms with Crippen molar-refractivity contribution in [3.05, 3.63) is 120 Å². The van der Waals surface area contributed by atoms with E-state index < -0.39 is 23.7 Å². The van der Waals surface area contributed by atoms with Gasteiger partial charge in [0.05, 0.1) is 29.6 Å². The maximum Gasteiger partial charge on any atom is 0.343 e. The van der Waals surface area contributed by atoms with Crippen LogP contribution in [0.25, 0.3) is 0 Å². The van der Waals surface area contributed by atoms with Crippen molar-refractivity contribution in [3.63, 3.8) is 0 Å². The van der Waals surface area contributed by atoms with Gasteiger partial charge in [-0.25, -0.2) is 10.2 Å². The van der Waals surface area contributed by atoms with Crippen LogP contribution in [0, 0.1) is 0 Å². The Labute approximate surface area is 248 Å². The number of rotatable bonds is 11. The van der Waals surface area contributed by atoms with E-state index in [1.165, 1.54) is 18.3 Å². The van der Waals surface area contributed by atoms with E-state index in [1.807, 2.05) is 6.07 Å². The van der Waals surface area contributed by atoms with Gasteiger partial charge in [-0.3, -0.25) is 14.4 Å². The number of para-hydroxylation sites is 2. The van der Waals surface area contributed by atoms with Crippen molar-refractivity contribution in [2.24, 2.45) is 5.10 Å². The Bertz CT molecular complexity index is 1590. The Hall–Kier alpha value is -5.77. The molecule has 3 N–H and O–H groups in total. The van der Waals surface area contributed by atoms with Crippen molar-refractivity contribution < 1.29 is 28.7 Å². The molecule has 0 saturated heterocycles. The van der Waals surface area contributed by atoms with Crippen LogP contribution in [-0.4, -0.2) is 36.5 Å². The number of hydrazone groups is 1. The second-order valence-corrected chi connectivity index (χ2v) is 9.20. The number of unbranched alkanes of at least 4 members (excludes halogenated alkanes) is 1. The van der Waals surface area contributed by atoms with Crippen molar-refractivity contribution in [1.82, 2.24) is 5.43 Å². The summed E-state index contributed by atoms with van der Waals surface area (Å²) in [6.45, 7) is 2.71. The molecule has 0 aliphatic heterocycles. The highest BCUT2D eigenvalue weighted by Gasteiger charge is 2.18. The first-order chi connectivity index (χ1) is 20.9. The van der Waals surface area contributed by atoms with E-state index in [0.717, 1.165) is 12.8 Å². The van der Waals surface area contributed by atoms with Crippen LogP contribution in [-0.2, 0) is 9.59 Å². The molecule has 0 spiro atoms. The van der Waals surface area contributed by atoms with Crippen LogP contribution >= 0.6 is 0 Å². The van der Waals surface area contributed by atoms with Crippen molar-refractivity contribution in [1.29, 1.82) is 0 Å². The molecule has 218 valence electrons. The third-order valence-corrected chi connectivity index (χ3v) is 5.98. The Morgan fingerprint density at radius 2 is 1.42 bits per heavy atom. The Morgan fingerprint density at radius 1 is 0.744 bits per heavy atom. The second-order valence-electron chi connectivity index (χ2n) is 9.20. The fourth-order valence-corrected chi connectivity index (χ4v) is 3.71. The van der Waals surface area contributed by atoms with Gasteiger partial charge in [0.2, 0.25) is 0 Å². The van der Waals surface area contributed by atoms with Gasteiger partial charge in [0.1, 0.15) is 11.5 Å². The minimum atomic E-state index is -1.03. The first kappa shape index (κ1) is 30.2. The number of nitrogens with one attached hydrogen (secondary N) is 3. The Kier molecular flexibility index (Phi) is 10.7. The van der Waals surface area contributed by atoms with E-state index in [4.69, 9.17) is 9.47 Å². The lowest BCUT2D eigenvalue weighted by Crippen LogP contribution is -2.33. The summed E-state index contributed by atoms with van der Waals surface area (Å²) < 4.78 is 11.0. The number of anilines is 2. The number of ether oxygens (including phenoxy) is 2. The molecule has 10 heteroatoms. The summed E-state index contributed by atoms with van der Waals surface area (Å²) in [6, 6.07) is 28.3. The van der Waals surface area contributed by atoms with Gasteiger partial charge >= 0.3 is 17.8 Å². The zero-order valence-corrected chi connectivity index (χ0v) is 23.4. The van der Waals surface area contributed by atoms with E-state index in [0.29, 0.717) is 34.9 Å². The molecule has 0 aromatic heterocycles. The summed E-state index contributed by atoms with van der Waals surface area (Å²) in [5.41, 5.74) is 4.06. The van der Waals surface area contributed by atoms with E-state index >= 15 is 0 Å². The summed E-state index contributed by atoms with van der Waals surface area (Å²) in [7, 11) is 0. The number of nitrogens with zero attached hydrogens (tertiary/aromatic N) is 1. The van der Waals surface area contributed by atoms with Gasteiger partial charge in [-0.05, 0) is 84.8 Å². The van der Waals surface area contributed by atoms with Gasteiger partial charge in [-0.1, -0.05) is 43.7 Å². The minimum absolute atomic E-state index is 0.168. The van der Waals surface area contributed by atoms with E-state index in [1.54, 1.807) is 84.9 Å². The zero-order valence-electron chi connectivity index (χ0n) is 23.4. The predicted octanol–water partition coefficient (Wildman–Crippen LogP) is 5.43. The van der Waals surface area contributed by atoms with E-state index in [2.05, 4.69) is 28.1 Å². The monoisotopic (exact) mass is 578 g/mol. The molecule has 0 radical (unpaired) electrons. The first-order valence-electron chi connectivity index (χ1n) is 13.6. The van der Waals surface area contributed by atoms with Crippen LogP contribution in [0.2, 0.25) is 0 Å². The topological polar surface area (TPSA) is 135 Å². The molecule has 43 heavy (non-hydrogen) atoms. The molecule has 0 saturated carbocycles. The number of carbonyl (C=O) groups excluding carboxylic acids is 4. The van der Waals surface area contributed by atoms with Gasteiger partial charge in [0.15, 0.2) is 0 Å². The van der Waals surface area contributed by atoms with Crippen molar-refractivity contribution in [2.75, 3.05) is 17.2 Å². The molecule has 0 aliphatic carbocycles. The van der Waals surface area contributed by atoms with Crippen LogP contribution in [0.3, 0.4) is 0 Å². The molecule has 4 aromatic rings. The molecule has 0 fully saturated rings. The normalized spacial score (nSPS) is 10.5. The van der Waals surface area contributed by atoms with E-state index in [-0.39, 0.29) is 11.3 Å². The van der Waals surface area contributed by atoms with Gasteiger partial charge < -0.3 is 20.1 Å². The summed E-state index contributed by atoms with van der Waals surface area (Å²) in [6.07, 6.45) is 3.32. The van der Waals surface area contributed by atoms with E-state index in [9.17, 15) is 19.2 Å². The molecule has 3 amide bonds. The molecule has 4 rings (SSSR count). The maximum atomic E-state index is 12.7. The first-order valence-corrected chi connectivity index (χ1v) is 13.6. The fourth-order valence-electron chi connectivity index (χ4n) is 3.71. The van der Waals surface area contributed by atoms with Gasteiger partial charge in [0.25, 0.3) is 5.91 Å². The maximum absolute atomic E-state index is 12.7. The molecule has 10 nitrogen and oxygen atoms in total. The average Bonchev–Trinajstić information content (AvgIpc) is 3.03. The lowest BCUT2D eigenvalue weighted by Gasteiger charge is -2.11. The van der Waals surface area contributed by atoms with Gasteiger partial charge in [-0.2, -0.15) is 5.10 Å². The molecule has 0 aliphatic rings. The number of hydrogen-bond acceptors (Lipinski definition) is 7. The Balaban J connectivity index is 1.26. The lowest BCUT2D eigenvalue weighted by atomic mass is 10.1. The SMILES string of the molecule is CCCCOc1ccc(C(=O)Oc2ccc(/C=N/NC(=O)C(=O)Nc3ccccc3C(=O)Nc3ccccc3)cc2)cc1. The summed E-state index contributed by atoms with van der Waals surface area (Å²) >= 11 is 0. The highest BCUT2D eigenvalue weighted by molar-refractivity contribution is 6.40. The molecular formula is C33H30N4O6. The third-order valence-electron chi connectivity index (χ3n) is 5.98. The van der Waals surface area contributed by atoms with Gasteiger partial charge in [-0.15, -0.1) is 0 Å². The molecule has 0 atom stereocenters. The van der Waals surface area contributed by atoms with Crippen molar-refractivity contribution in [3.8, 4) is 11.5 Å². The summed E-state index contributed by atoms with van der Waals surface area (Å²) in [4.78, 5) is 49.9. The second kappa shape index (κ2) is 15.3. The highest BCUT2D eigenvalue weighted by atomic mass is 16.5. The smallest absolute Gasteiger partial charge is 0.343 e. The van der Waals surface area contributed by atoms with Crippen LogP contribution in [0.1, 0.15) is 46.0 Å². The summed E-state index contributed by atoms with van der Waals surface area (Å²) in [5, 5.41) is 8.98. The average molecular weight is 579 g/mol. The standard InChI is InChI=1S/C33H30N4O6/c1-2-3-21-42-26-19-15-24(16-20-26)33(41)43-27-17-13-23(14-18-27)22-34-37-32(40)31(39)36-29-12-8-7-11-28(29)30(38)35-25-9-5-4-6-10-25/h4-20,22H,2-3,21H2,1H3,(H,35,38)(H,36,39)(H,37,40)/b34-22+. The molecular weight excluding hydrogens is 548 g/mol. The van der Waals surface area contributed by atoms with Crippen LogP contribution in [0.5, 0.6) is 11.5 Å². The molecule has 0 unspecified atom stereocenters.